The molecular formula is C12H9Cl2NO2. The number of aryl methyl sites for hydroxylation is 1. The van der Waals surface area contributed by atoms with Crippen LogP contribution in [0.5, 0.6) is 0 Å². The third kappa shape index (κ3) is 2.68. The van der Waals surface area contributed by atoms with E-state index in [4.69, 9.17) is 28.3 Å². The highest BCUT2D eigenvalue weighted by atomic mass is 35.5. The first kappa shape index (κ1) is 12.1. The summed E-state index contributed by atoms with van der Waals surface area (Å²) in [5, 5.41) is 10.3. The number of carboxylic acids is 1. The molecule has 0 bridgehead atoms. The maximum atomic E-state index is 10.5. The molecule has 1 aromatic heterocycles. The molecule has 88 valence electrons. The van der Waals surface area contributed by atoms with Crippen LogP contribution in [-0.2, 0) is 11.2 Å². The van der Waals surface area contributed by atoms with Crippen LogP contribution in [-0.4, -0.2) is 16.1 Å². The Bertz CT molecular complexity index is 584. The van der Waals surface area contributed by atoms with Gasteiger partial charge in [-0.2, -0.15) is 0 Å². The second-order valence-electron chi connectivity index (χ2n) is 3.63. The number of nitrogens with zero attached hydrogens (tertiary/aromatic N) is 1. The molecule has 1 heterocycles. The number of rotatable bonds is 3. The Morgan fingerprint density at radius 1 is 1.24 bits per heavy atom. The molecule has 0 aliphatic carbocycles. The molecule has 2 rings (SSSR count). The van der Waals surface area contributed by atoms with E-state index in [2.05, 4.69) is 4.98 Å². The van der Waals surface area contributed by atoms with Gasteiger partial charge in [-0.15, -0.1) is 0 Å². The van der Waals surface area contributed by atoms with Gasteiger partial charge in [-0.3, -0.25) is 9.78 Å². The van der Waals surface area contributed by atoms with Gasteiger partial charge >= 0.3 is 5.97 Å². The Kier molecular flexibility index (Phi) is 3.50. The van der Waals surface area contributed by atoms with E-state index in [9.17, 15) is 4.79 Å². The Labute approximate surface area is 108 Å². The summed E-state index contributed by atoms with van der Waals surface area (Å²) in [4.78, 5) is 14.8. The van der Waals surface area contributed by atoms with Crippen LogP contribution in [0.4, 0.5) is 0 Å². The van der Waals surface area contributed by atoms with E-state index in [0.717, 1.165) is 5.39 Å². The lowest BCUT2D eigenvalue weighted by molar-refractivity contribution is -0.136. The number of carbonyl (C=O) groups is 1. The zero-order valence-corrected chi connectivity index (χ0v) is 10.3. The van der Waals surface area contributed by atoms with Crippen molar-refractivity contribution in [1.82, 2.24) is 4.98 Å². The summed E-state index contributed by atoms with van der Waals surface area (Å²) in [6, 6.07) is 7.21. The molecule has 0 fully saturated rings. The van der Waals surface area contributed by atoms with E-state index in [1.165, 1.54) is 0 Å². The molecule has 17 heavy (non-hydrogen) atoms. The predicted octanol–water partition coefficient (Wildman–Crippen LogP) is 3.56. The van der Waals surface area contributed by atoms with Crippen LogP contribution in [0.15, 0.2) is 24.3 Å². The van der Waals surface area contributed by atoms with Crippen LogP contribution in [0.1, 0.15) is 12.1 Å². The van der Waals surface area contributed by atoms with Gasteiger partial charge in [-0.05, 0) is 12.1 Å². The molecule has 0 saturated carbocycles. The van der Waals surface area contributed by atoms with Gasteiger partial charge in [0.2, 0.25) is 0 Å². The SMILES string of the molecule is O=C(O)CCc1ccc2ccc(Cl)c(Cl)c2n1. The third-order valence-corrected chi connectivity index (χ3v) is 3.20. The average molecular weight is 270 g/mol. The van der Waals surface area contributed by atoms with E-state index in [1.54, 1.807) is 12.1 Å². The zero-order chi connectivity index (χ0) is 12.4. The Morgan fingerprint density at radius 2 is 1.94 bits per heavy atom. The summed E-state index contributed by atoms with van der Waals surface area (Å²) >= 11 is 12.0. The molecule has 0 radical (unpaired) electrons. The second-order valence-corrected chi connectivity index (χ2v) is 4.41. The van der Waals surface area contributed by atoms with Crippen LogP contribution in [0.3, 0.4) is 0 Å². The topological polar surface area (TPSA) is 50.2 Å². The van der Waals surface area contributed by atoms with Crippen molar-refractivity contribution < 1.29 is 9.90 Å². The minimum atomic E-state index is -0.843. The largest absolute Gasteiger partial charge is 0.481 e. The van der Waals surface area contributed by atoms with Gasteiger partial charge in [0, 0.05) is 17.5 Å². The number of carboxylic acid groups (broad SMARTS) is 1. The van der Waals surface area contributed by atoms with Gasteiger partial charge in [0.1, 0.15) is 0 Å². The summed E-state index contributed by atoms with van der Waals surface area (Å²) in [7, 11) is 0. The summed E-state index contributed by atoms with van der Waals surface area (Å²) in [6.45, 7) is 0. The van der Waals surface area contributed by atoms with Crippen LogP contribution < -0.4 is 0 Å². The summed E-state index contributed by atoms with van der Waals surface area (Å²) in [6.07, 6.45) is 0.435. The van der Waals surface area contributed by atoms with Crippen molar-refractivity contribution in [1.29, 1.82) is 0 Å². The molecule has 0 atom stereocenters. The number of aromatic nitrogens is 1. The van der Waals surface area contributed by atoms with Crippen molar-refractivity contribution in [3.8, 4) is 0 Å². The number of hydrogen-bond donors (Lipinski definition) is 1. The summed E-state index contributed by atoms with van der Waals surface area (Å²) < 4.78 is 0. The quantitative estimate of drug-likeness (QED) is 0.927. The lowest BCUT2D eigenvalue weighted by Crippen LogP contribution is -1.99. The lowest BCUT2D eigenvalue weighted by atomic mass is 10.1. The number of fused-ring (bicyclic) bond motifs is 1. The maximum absolute atomic E-state index is 10.5. The molecule has 0 spiro atoms. The molecule has 0 amide bonds. The standard InChI is InChI=1S/C12H9Cl2NO2/c13-9-5-2-7-1-3-8(4-6-10(16)17)15-12(7)11(9)14/h1-3,5H,4,6H2,(H,16,17). The number of halogens is 2. The van der Waals surface area contributed by atoms with E-state index < -0.39 is 5.97 Å². The third-order valence-electron chi connectivity index (χ3n) is 2.41. The van der Waals surface area contributed by atoms with Gasteiger partial charge in [-0.1, -0.05) is 35.3 Å². The van der Waals surface area contributed by atoms with Crippen molar-refractivity contribution in [3.05, 3.63) is 40.0 Å². The van der Waals surface area contributed by atoms with Crippen molar-refractivity contribution in [2.24, 2.45) is 0 Å². The highest BCUT2D eigenvalue weighted by molar-refractivity contribution is 6.44. The van der Waals surface area contributed by atoms with E-state index in [-0.39, 0.29) is 6.42 Å². The number of benzene rings is 1. The number of hydrogen-bond acceptors (Lipinski definition) is 2. The second kappa shape index (κ2) is 4.90. The first-order valence-electron chi connectivity index (χ1n) is 5.03. The fourth-order valence-electron chi connectivity index (χ4n) is 1.54. The van der Waals surface area contributed by atoms with E-state index >= 15 is 0 Å². The molecule has 2 aromatic rings. The fourth-order valence-corrected chi connectivity index (χ4v) is 1.91. The molecule has 3 nitrogen and oxygen atoms in total. The van der Waals surface area contributed by atoms with Gasteiger partial charge in [0.25, 0.3) is 0 Å². The van der Waals surface area contributed by atoms with Gasteiger partial charge in [-0.25, -0.2) is 0 Å². The minimum absolute atomic E-state index is 0.0523. The van der Waals surface area contributed by atoms with Crippen molar-refractivity contribution in [2.45, 2.75) is 12.8 Å². The van der Waals surface area contributed by atoms with Crippen LogP contribution >= 0.6 is 23.2 Å². The van der Waals surface area contributed by atoms with E-state index in [1.807, 2.05) is 12.1 Å². The average Bonchev–Trinajstić information content (AvgIpc) is 2.31. The van der Waals surface area contributed by atoms with Crippen molar-refractivity contribution in [2.75, 3.05) is 0 Å². The zero-order valence-electron chi connectivity index (χ0n) is 8.78. The van der Waals surface area contributed by atoms with Crippen LogP contribution in [0.25, 0.3) is 10.9 Å². The lowest BCUT2D eigenvalue weighted by Gasteiger charge is -2.04. The van der Waals surface area contributed by atoms with Crippen LogP contribution in [0.2, 0.25) is 10.0 Å². The highest BCUT2D eigenvalue weighted by Gasteiger charge is 2.07. The minimum Gasteiger partial charge on any atom is -0.481 e. The summed E-state index contributed by atoms with van der Waals surface area (Å²) in [5.74, 6) is -0.843. The maximum Gasteiger partial charge on any atom is 0.303 e. The van der Waals surface area contributed by atoms with Gasteiger partial charge < -0.3 is 5.11 Å². The van der Waals surface area contributed by atoms with Crippen molar-refractivity contribution in [3.63, 3.8) is 0 Å². The molecule has 0 unspecified atom stereocenters. The molecule has 0 aliphatic heterocycles. The Hall–Kier alpha value is -1.32. The fraction of sp³-hybridized carbons (Fsp3) is 0.167. The number of pyridine rings is 1. The monoisotopic (exact) mass is 269 g/mol. The van der Waals surface area contributed by atoms with Gasteiger partial charge in [0.05, 0.1) is 22.0 Å². The molecule has 1 aromatic carbocycles. The van der Waals surface area contributed by atoms with E-state index in [0.29, 0.717) is 27.7 Å². The first-order valence-corrected chi connectivity index (χ1v) is 5.79. The smallest absolute Gasteiger partial charge is 0.303 e. The molecule has 0 saturated heterocycles. The highest BCUT2D eigenvalue weighted by Crippen LogP contribution is 2.29. The molecular weight excluding hydrogens is 261 g/mol. The van der Waals surface area contributed by atoms with Crippen molar-refractivity contribution >= 4 is 40.1 Å². The van der Waals surface area contributed by atoms with Gasteiger partial charge in [0.15, 0.2) is 0 Å². The molecule has 5 heteroatoms. The number of aliphatic carboxylic acids is 1. The Morgan fingerprint density at radius 3 is 2.65 bits per heavy atom. The first-order chi connectivity index (χ1) is 8.08. The molecule has 0 aliphatic rings. The normalized spacial score (nSPS) is 10.7. The Balaban J connectivity index is 2.41. The predicted molar refractivity (Wildman–Crippen MR) is 67.7 cm³/mol. The molecule has 1 N–H and O–H groups in total. The van der Waals surface area contributed by atoms with Crippen LogP contribution in [0, 0.1) is 0 Å². The summed E-state index contributed by atoms with van der Waals surface area (Å²) in [5.41, 5.74) is 1.31.